The van der Waals surface area contributed by atoms with Gasteiger partial charge in [-0.2, -0.15) is 5.26 Å². The second-order valence-electron chi connectivity index (χ2n) is 4.03. The van der Waals surface area contributed by atoms with Gasteiger partial charge < -0.3 is 5.73 Å². The summed E-state index contributed by atoms with van der Waals surface area (Å²) < 4.78 is 0. The van der Waals surface area contributed by atoms with Gasteiger partial charge in [0.2, 0.25) is 0 Å². The molecule has 0 amide bonds. The standard InChI is InChI=1S/C15H10N2/c16-9-14-11-5-2-1-4-10(11)8-13-12(14)6-3-7-15(13)17/h1-8H,17H2. The number of fused-ring (bicyclic) bond motifs is 2. The zero-order chi connectivity index (χ0) is 11.8. The van der Waals surface area contributed by atoms with Crippen LogP contribution in [0.25, 0.3) is 21.5 Å². The Bertz CT molecular complexity index is 767. The number of benzene rings is 3. The average molecular weight is 218 g/mol. The van der Waals surface area contributed by atoms with Crippen LogP contribution in [0.2, 0.25) is 0 Å². The molecule has 0 aliphatic heterocycles. The van der Waals surface area contributed by atoms with E-state index in [9.17, 15) is 5.26 Å². The Morgan fingerprint density at radius 1 is 0.882 bits per heavy atom. The number of nitrogen functional groups attached to an aromatic ring is 1. The molecule has 17 heavy (non-hydrogen) atoms. The van der Waals surface area contributed by atoms with Crippen molar-refractivity contribution in [1.82, 2.24) is 0 Å². The molecule has 2 N–H and O–H groups in total. The first-order chi connectivity index (χ1) is 8.31. The predicted molar refractivity (Wildman–Crippen MR) is 70.6 cm³/mol. The molecule has 0 aliphatic carbocycles. The smallest absolute Gasteiger partial charge is 0.100 e. The number of nitrogens with two attached hydrogens (primary N) is 1. The van der Waals surface area contributed by atoms with Gasteiger partial charge in [-0.15, -0.1) is 0 Å². The summed E-state index contributed by atoms with van der Waals surface area (Å²) in [5.74, 6) is 0. The zero-order valence-electron chi connectivity index (χ0n) is 9.14. The fourth-order valence-electron chi connectivity index (χ4n) is 2.23. The first-order valence-corrected chi connectivity index (χ1v) is 5.41. The molecule has 0 bridgehead atoms. The van der Waals surface area contributed by atoms with Gasteiger partial charge in [-0.3, -0.25) is 0 Å². The van der Waals surface area contributed by atoms with Crippen LogP contribution in [0.4, 0.5) is 5.69 Å². The summed E-state index contributed by atoms with van der Waals surface area (Å²) in [4.78, 5) is 0. The molecule has 0 radical (unpaired) electrons. The average Bonchev–Trinajstić information content (AvgIpc) is 2.37. The molecule has 0 aromatic heterocycles. The van der Waals surface area contributed by atoms with Crippen molar-refractivity contribution in [3.8, 4) is 6.07 Å². The van der Waals surface area contributed by atoms with Gasteiger partial charge in [0.25, 0.3) is 0 Å². The minimum atomic E-state index is 0.699. The van der Waals surface area contributed by atoms with Gasteiger partial charge >= 0.3 is 0 Å². The molecule has 3 rings (SSSR count). The number of hydrogen-bond donors (Lipinski definition) is 1. The number of rotatable bonds is 0. The lowest BCUT2D eigenvalue weighted by molar-refractivity contribution is 1.52. The van der Waals surface area contributed by atoms with Crippen LogP contribution in [-0.2, 0) is 0 Å². The molecule has 80 valence electrons. The number of nitrogens with zero attached hydrogens (tertiary/aromatic N) is 1. The van der Waals surface area contributed by atoms with Gasteiger partial charge in [0.15, 0.2) is 0 Å². The quantitative estimate of drug-likeness (QED) is 0.464. The van der Waals surface area contributed by atoms with Crippen LogP contribution in [-0.4, -0.2) is 0 Å². The normalized spacial score (nSPS) is 10.5. The van der Waals surface area contributed by atoms with Gasteiger partial charge in [0.1, 0.15) is 6.07 Å². The first-order valence-electron chi connectivity index (χ1n) is 5.41. The summed E-state index contributed by atoms with van der Waals surface area (Å²) in [5, 5.41) is 13.2. The molecule has 0 spiro atoms. The van der Waals surface area contributed by atoms with Crippen molar-refractivity contribution in [3.63, 3.8) is 0 Å². The van der Waals surface area contributed by atoms with Gasteiger partial charge in [-0.05, 0) is 17.5 Å². The van der Waals surface area contributed by atoms with E-state index in [0.29, 0.717) is 11.3 Å². The molecule has 0 heterocycles. The maximum absolute atomic E-state index is 9.33. The van der Waals surface area contributed by atoms with Crippen molar-refractivity contribution >= 4 is 27.2 Å². The largest absolute Gasteiger partial charge is 0.398 e. The van der Waals surface area contributed by atoms with Gasteiger partial charge in [-0.1, -0.05) is 36.4 Å². The van der Waals surface area contributed by atoms with E-state index in [2.05, 4.69) is 6.07 Å². The lowest BCUT2D eigenvalue weighted by Crippen LogP contribution is -1.89. The molecule has 0 atom stereocenters. The molecule has 0 unspecified atom stereocenters. The molecule has 2 nitrogen and oxygen atoms in total. The van der Waals surface area contributed by atoms with E-state index < -0.39 is 0 Å². The zero-order valence-corrected chi connectivity index (χ0v) is 9.14. The highest BCUT2D eigenvalue weighted by Gasteiger charge is 2.07. The van der Waals surface area contributed by atoms with E-state index in [4.69, 9.17) is 5.73 Å². The van der Waals surface area contributed by atoms with E-state index in [1.807, 2.05) is 48.5 Å². The Labute approximate surface area is 98.9 Å². The maximum Gasteiger partial charge on any atom is 0.100 e. The summed E-state index contributed by atoms with van der Waals surface area (Å²) >= 11 is 0. The van der Waals surface area contributed by atoms with E-state index in [1.165, 1.54) is 0 Å². The van der Waals surface area contributed by atoms with Gasteiger partial charge in [0, 0.05) is 21.8 Å². The fourth-order valence-corrected chi connectivity index (χ4v) is 2.23. The molecule has 0 aliphatic rings. The van der Waals surface area contributed by atoms with Crippen LogP contribution >= 0.6 is 0 Å². The highest BCUT2D eigenvalue weighted by molar-refractivity contribution is 6.08. The SMILES string of the molecule is N#Cc1c2ccccc2cc2c(N)cccc12. The van der Waals surface area contributed by atoms with Gasteiger partial charge in [0.05, 0.1) is 5.56 Å². The van der Waals surface area contributed by atoms with Crippen molar-refractivity contribution in [2.45, 2.75) is 0 Å². The van der Waals surface area contributed by atoms with Crippen LogP contribution in [0.15, 0.2) is 48.5 Å². The predicted octanol–water partition coefficient (Wildman–Crippen LogP) is 3.45. The summed E-state index contributed by atoms with van der Waals surface area (Å²) in [6.45, 7) is 0. The summed E-state index contributed by atoms with van der Waals surface area (Å²) in [5.41, 5.74) is 7.37. The van der Waals surface area contributed by atoms with Crippen molar-refractivity contribution in [2.24, 2.45) is 0 Å². The lowest BCUT2D eigenvalue weighted by Gasteiger charge is -2.07. The Kier molecular flexibility index (Phi) is 1.99. The second-order valence-corrected chi connectivity index (χ2v) is 4.03. The summed E-state index contributed by atoms with van der Waals surface area (Å²) in [6, 6.07) is 17.9. The third-order valence-electron chi connectivity index (χ3n) is 3.05. The Morgan fingerprint density at radius 3 is 2.47 bits per heavy atom. The topological polar surface area (TPSA) is 49.8 Å². The van der Waals surface area contributed by atoms with Crippen LogP contribution < -0.4 is 5.73 Å². The molecule has 0 saturated carbocycles. The molecule has 0 saturated heterocycles. The first kappa shape index (κ1) is 9.68. The third kappa shape index (κ3) is 1.33. The molecule has 0 fully saturated rings. The number of hydrogen-bond acceptors (Lipinski definition) is 2. The van der Waals surface area contributed by atoms with E-state index in [1.54, 1.807) is 0 Å². The van der Waals surface area contributed by atoms with E-state index >= 15 is 0 Å². The molecular weight excluding hydrogens is 208 g/mol. The van der Waals surface area contributed by atoms with Crippen molar-refractivity contribution in [3.05, 3.63) is 54.1 Å². The molecule has 3 aromatic carbocycles. The van der Waals surface area contributed by atoms with Crippen molar-refractivity contribution in [2.75, 3.05) is 5.73 Å². The maximum atomic E-state index is 9.33. The molecule has 2 heteroatoms. The van der Waals surface area contributed by atoms with E-state index in [-0.39, 0.29) is 0 Å². The van der Waals surface area contributed by atoms with E-state index in [0.717, 1.165) is 21.5 Å². The van der Waals surface area contributed by atoms with Crippen LogP contribution in [0.3, 0.4) is 0 Å². The fraction of sp³-hybridized carbons (Fsp3) is 0. The van der Waals surface area contributed by atoms with Crippen LogP contribution in [0.1, 0.15) is 5.56 Å². The third-order valence-corrected chi connectivity index (χ3v) is 3.05. The Balaban J connectivity index is 2.65. The molecular formula is C15H10N2. The number of nitriles is 1. The highest BCUT2D eigenvalue weighted by atomic mass is 14.5. The van der Waals surface area contributed by atoms with Crippen molar-refractivity contribution in [1.29, 1.82) is 5.26 Å². The lowest BCUT2D eigenvalue weighted by atomic mass is 9.97. The number of anilines is 1. The van der Waals surface area contributed by atoms with Crippen LogP contribution in [0.5, 0.6) is 0 Å². The monoisotopic (exact) mass is 218 g/mol. The minimum absolute atomic E-state index is 0.699. The van der Waals surface area contributed by atoms with Crippen molar-refractivity contribution < 1.29 is 0 Å². The molecule has 3 aromatic rings. The minimum Gasteiger partial charge on any atom is -0.398 e. The highest BCUT2D eigenvalue weighted by Crippen LogP contribution is 2.30. The van der Waals surface area contributed by atoms with Gasteiger partial charge in [-0.25, -0.2) is 0 Å². The summed E-state index contributed by atoms with van der Waals surface area (Å²) in [6.07, 6.45) is 0. The summed E-state index contributed by atoms with van der Waals surface area (Å²) in [7, 11) is 0. The Morgan fingerprint density at radius 2 is 1.65 bits per heavy atom. The Hall–Kier alpha value is -2.53. The van der Waals surface area contributed by atoms with Crippen LogP contribution in [0, 0.1) is 11.3 Å². The second kappa shape index (κ2) is 3.50.